The summed E-state index contributed by atoms with van der Waals surface area (Å²) in [5.74, 6) is 0.141. The summed E-state index contributed by atoms with van der Waals surface area (Å²) >= 11 is 7.78. The lowest BCUT2D eigenvalue weighted by atomic mass is 10.4. The number of amides is 2. The van der Waals surface area contributed by atoms with E-state index in [0.29, 0.717) is 46.0 Å². The number of carbonyl (C=O) groups is 3. The Morgan fingerprint density at radius 3 is 2.76 bits per heavy atom. The molecule has 0 spiro atoms. The van der Waals surface area contributed by atoms with Gasteiger partial charge in [0.1, 0.15) is 9.23 Å². The standard InChI is InChI=1S/C12H14N2O4S3/c1-2-13-10(17)9(21-12(13)19)11-14(8(16)6-20-11)4-3-5-18-7-15/h7H,2-6H2,1H3. The van der Waals surface area contributed by atoms with E-state index in [-0.39, 0.29) is 18.4 Å². The van der Waals surface area contributed by atoms with Gasteiger partial charge in [-0.1, -0.05) is 35.7 Å². The maximum Gasteiger partial charge on any atom is 0.293 e. The molecule has 9 heteroatoms. The Balaban J connectivity index is 2.15. The highest BCUT2D eigenvalue weighted by atomic mass is 32.2. The van der Waals surface area contributed by atoms with Gasteiger partial charge in [-0.15, -0.1) is 0 Å². The molecule has 21 heavy (non-hydrogen) atoms. The highest BCUT2D eigenvalue weighted by Crippen LogP contribution is 2.41. The number of thiocarbonyl (C=S) groups is 1. The fourth-order valence-corrected chi connectivity index (χ4v) is 4.61. The predicted molar refractivity (Wildman–Crippen MR) is 85.4 cm³/mol. The van der Waals surface area contributed by atoms with Gasteiger partial charge in [-0.2, -0.15) is 0 Å². The van der Waals surface area contributed by atoms with E-state index in [2.05, 4.69) is 4.74 Å². The van der Waals surface area contributed by atoms with Crippen molar-refractivity contribution in [2.24, 2.45) is 0 Å². The smallest absolute Gasteiger partial charge is 0.293 e. The van der Waals surface area contributed by atoms with Crippen molar-refractivity contribution in [3.63, 3.8) is 0 Å². The van der Waals surface area contributed by atoms with Crippen LogP contribution in [0.5, 0.6) is 0 Å². The molecule has 0 atom stereocenters. The average Bonchev–Trinajstić information content (AvgIpc) is 2.95. The molecule has 2 fully saturated rings. The lowest BCUT2D eigenvalue weighted by molar-refractivity contribution is -0.129. The fourth-order valence-electron chi connectivity index (χ4n) is 1.97. The summed E-state index contributed by atoms with van der Waals surface area (Å²) in [7, 11) is 0. The van der Waals surface area contributed by atoms with E-state index >= 15 is 0 Å². The van der Waals surface area contributed by atoms with Crippen LogP contribution in [0.2, 0.25) is 0 Å². The molecule has 2 saturated heterocycles. The molecular weight excluding hydrogens is 332 g/mol. The van der Waals surface area contributed by atoms with Crippen LogP contribution in [0, 0.1) is 0 Å². The Hall–Kier alpha value is -1.06. The maximum absolute atomic E-state index is 12.3. The molecule has 0 unspecified atom stereocenters. The first-order valence-corrected chi connectivity index (χ1v) is 8.57. The second-order valence-corrected chi connectivity index (χ2v) is 6.81. The molecule has 114 valence electrons. The maximum atomic E-state index is 12.3. The van der Waals surface area contributed by atoms with Gasteiger partial charge in [-0.05, 0) is 13.3 Å². The number of likely N-dealkylation sites (N-methyl/N-ethyl adjacent to an activating group) is 1. The monoisotopic (exact) mass is 346 g/mol. The van der Waals surface area contributed by atoms with Crippen LogP contribution < -0.4 is 0 Å². The third-order valence-corrected chi connectivity index (χ3v) is 5.61. The lowest BCUT2D eigenvalue weighted by Gasteiger charge is -2.18. The molecule has 0 aromatic heterocycles. The van der Waals surface area contributed by atoms with E-state index in [1.54, 1.807) is 4.90 Å². The first-order chi connectivity index (χ1) is 10.1. The molecule has 2 rings (SSSR count). The molecule has 0 aromatic rings. The van der Waals surface area contributed by atoms with Crippen LogP contribution in [0.1, 0.15) is 13.3 Å². The molecule has 0 aliphatic carbocycles. The lowest BCUT2D eigenvalue weighted by Crippen LogP contribution is -2.30. The number of ether oxygens (including phenoxy) is 1. The van der Waals surface area contributed by atoms with Crippen LogP contribution in [-0.2, 0) is 19.1 Å². The first kappa shape index (κ1) is 16.3. The summed E-state index contributed by atoms with van der Waals surface area (Å²) in [5.41, 5.74) is 0. The van der Waals surface area contributed by atoms with Gasteiger partial charge in [-0.25, -0.2) is 0 Å². The zero-order valence-electron chi connectivity index (χ0n) is 11.4. The highest BCUT2D eigenvalue weighted by molar-refractivity contribution is 8.27. The number of hydrogen-bond donors (Lipinski definition) is 0. The molecule has 2 aliphatic heterocycles. The van der Waals surface area contributed by atoms with Gasteiger partial charge >= 0.3 is 0 Å². The van der Waals surface area contributed by atoms with Crippen molar-refractivity contribution in [3.8, 4) is 0 Å². The van der Waals surface area contributed by atoms with E-state index in [9.17, 15) is 14.4 Å². The van der Waals surface area contributed by atoms with Crippen molar-refractivity contribution < 1.29 is 19.1 Å². The minimum absolute atomic E-state index is 0.0390. The van der Waals surface area contributed by atoms with Gasteiger partial charge in [0.05, 0.1) is 17.4 Å². The van der Waals surface area contributed by atoms with Crippen molar-refractivity contribution in [3.05, 3.63) is 9.93 Å². The van der Waals surface area contributed by atoms with Gasteiger partial charge in [0.15, 0.2) is 0 Å². The first-order valence-electron chi connectivity index (χ1n) is 6.36. The largest absolute Gasteiger partial charge is 0.468 e. The zero-order valence-corrected chi connectivity index (χ0v) is 13.8. The van der Waals surface area contributed by atoms with Gasteiger partial charge in [-0.3, -0.25) is 19.3 Å². The van der Waals surface area contributed by atoms with E-state index in [0.717, 1.165) is 0 Å². The number of nitrogens with zero attached hydrogens (tertiary/aromatic N) is 2. The third kappa shape index (κ3) is 3.41. The summed E-state index contributed by atoms with van der Waals surface area (Å²) in [5, 5.41) is 0.666. The van der Waals surface area contributed by atoms with Crippen LogP contribution in [0.3, 0.4) is 0 Å². The third-order valence-electron chi connectivity index (χ3n) is 2.95. The van der Waals surface area contributed by atoms with Crippen LogP contribution in [0.15, 0.2) is 9.93 Å². The minimum atomic E-state index is -0.140. The zero-order chi connectivity index (χ0) is 15.4. The van der Waals surface area contributed by atoms with Crippen LogP contribution in [0.4, 0.5) is 0 Å². The Morgan fingerprint density at radius 2 is 2.14 bits per heavy atom. The van der Waals surface area contributed by atoms with E-state index < -0.39 is 0 Å². The SMILES string of the molecule is CCN1C(=O)C(=C2SCC(=O)N2CCCOC=O)SC1=S. The average molecular weight is 346 g/mol. The number of hydrogen-bond acceptors (Lipinski definition) is 7. The van der Waals surface area contributed by atoms with Crippen molar-refractivity contribution >= 4 is 58.3 Å². The number of rotatable bonds is 6. The Labute approximate surface area is 136 Å². The van der Waals surface area contributed by atoms with Gasteiger partial charge in [0.25, 0.3) is 12.4 Å². The summed E-state index contributed by atoms with van der Waals surface area (Å²) in [4.78, 5) is 38.0. The summed E-state index contributed by atoms with van der Waals surface area (Å²) < 4.78 is 5.14. The summed E-state index contributed by atoms with van der Waals surface area (Å²) in [6, 6.07) is 0. The fraction of sp³-hybridized carbons (Fsp3) is 0.500. The van der Waals surface area contributed by atoms with E-state index in [4.69, 9.17) is 12.2 Å². The van der Waals surface area contributed by atoms with E-state index in [1.807, 2.05) is 6.92 Å². The highest BCUT2D eigenvalue weighted by Gasteiger charge is 2.38. The van der Waals surface area contributed by atoms with Gasteiger partial charge in [0.2, 0.25) is 5.91 Å². The van der Waals surface area contributed by atoms with Crippen molar-refractivity contribution in [2.75, 3.05) is 25.4 Å². The van der Waals surface area contributed by atoms with Crippen molar-refractivity contribution in [1.82, 2.24) is 9.80 Å². The molecule has 2 heterocycles. The minimum Gasteiger partial charge on any atom is -0.468 e. The molecule has 0 radical (unpaired) electrons. The summed E-state index contributed by atoms with van der Waals surface area (Å²) in [6.07, 6.45) is 0.530. The topological polar surface area (TPSA) is 66.9 Å². The number of thioether (sulfide) groups is 2. The second kappa shape index (κ2) is 7.28. The normalized spacial score (nSPS) is 22.4. The van der Waals surface area contributed by atoms with Crippen LogP contribution in [0.25, 0.3) is 0 Å². The molecule has 0 saturated carbocycles. The molecular formula is C12H14N2O4S3. The Bertz CT molecular complexity index is 521. The Kier molecular flexibility index (Phi) is 5.65. The van der Waals surface area contributed by atoms with Gasteiger partial charge in [0, 0.05) is 13.1 Å². The molecule has 0 N–H and O–H groups in total. The molecule has 0 bridgehead atoms. The van der Waals surface area contributed by atoms with Crippen molar-refractivity contribution in [2.45, 2.75) is 13.3 Å². The molecule has 2 aliphatic rings. The molecule has 2 amide bonds. The molecule has 6 nitrogen and oxygen atoms in total. The van der Waals surface area contributed by atoms with Crippen LogP contribution in [-0.4, -0.2) is 57.9 Å². The quantitative estimate of drug-likeness (QED) is 0.310. The van der Waals surface area contributed by atoms with Crippen LogP contribution >= 0.6 is 35.7 Å². The molecule has 0 aromatic carbocycles. The predicted octanol–water partition coefficient (Wildman–Crippen LogP) is 1.17. The Morgan fingerprint density at radius 1 is 1.38 bits per heavy atom. The summed E-state index contributed by atoms with van der Waals surface area (Å²) in [6.45, 7) is 3.44. The number of carbonyl (C=O) groups excluding carboxylic acids is 3. The second-order valence-electron chi connectivity index (χ2n) is 4.21. The van der Waals surface area contributed by atoms with Gasteiger partial charge < -0.3 is 9.64 Å². The van der Waals surface area contributed by atoms with Crippen molar-refractivity contribution in [1.29, 1.82) is 0 Å². The van der Waals surface area contributed by atoms with E-state index in [1.165, 1.54) is 28.4 Å².